The van der Waals surface area contributed by atoms with Gasteiger partial charge in [0.1, 0.15) is 5.69 Å². The zero-order chi connectivity index (χ0) is 12.4. The molecule has 1 amide bonds. The van der Waals surface area contributed by atoms with Crippen molar-refractivity contribution in [3.63, 3.8) is 0 Å². The molecular formula is C10H11N5O2. The number of carbonyl (C=O) groups is 1. The van der Waals surface area contributed by atoms with E-state index in [2.05, 4.69) is 5.10 Å². The van der Waals surface area contributed by atoms with Gasteiger partial charge in [-0.2, -0.15) is 0 Å². The molecule has 88 valence electrons. The summed E-state index contributed by atoms with van der Waals surface area (Å²) in [5, 5.41) is 15.9. The molecule has 1 heterocycles. The molecule has 17 heavy (non-hydrogen) atoms. The fraction of sp³-hybridized carbons (Fsp3) is 0.100. The van der Waals surface area contributed by atoms with Crippen LogP contribution in [0.2, 0.25) is 0 Å². The van der Waals surface area contributed by atoms with E-state index in [1.54, 1.807) is 31.2 Å². The first kappa shape index (κ1) is 11.1. The van der Waals surface area contributed by atoms with Crippen LogP contribution in [0.5, 0.6) is 0 Å². The van der Waals surface area contributed by atoms with Gasteiger partial charge in [-0.3, -0.25) is 10.2 Å². The quantitative estimate of drug-likeness (QED) is 0.238. The van der Waals surface area contributed by atoms with E-state index in [1.165, 1.54) is 0 Å². The molecule has 0 aliphatic rings. The maximum atomic E-state index is 11.9. The number of amides is 1. The van der Waals surface area contributed by atoms with Crippen molar-refractivity contribution in [2.24, 2.45) is 5.84 Å². The molecule has 0 saturated heterocycles. The Hall–Kier alpha value is -2.41. The summed E-state index contributed by atoms with van der Waals surface area (Å²) in [6, 6.07) is 8.79. The van der Waals surface area contributed by atoms with Crippen LogP contribution in [0, 0.1) is 12.1 Å². The van der Waals surface area contributed by atoms with Crippen LogP contribution in [0.15, 0.2) is 30.3 Å². The summed E-state index contributed by atoms with van der Waals surface area (Å²) in [5.41, 5.74) is 2.68. The zero-order valence-electron chi connectivity index (χ0n) is 9.12. The number of hydrazine groups is 1. The molecule has 0 spiro atoms. The second-order valence-corrected chi connectivity index (χ2v) is 3.41. The van der Waals surface area contributed by atoms with E-state index in [0.717, 1.165) is 4.80 Å². The highest BCUT2D eigenvalue weighted by Crippen LogP contribution is 2.05. The molecule has 7 nitrogen and oxygen atoms in total. The van der Waals surface area contributed by atoms with E-state index in [9.17, 15) is 10.0 Å². The number of nitrogens with one attached hydrogen (secondary N) is 1. The van der Waals surface area contributed by atoms with Crippen molar-refractivity contribution < 1.29 is 9.64 Å². The van der Waals surface area contributed by atoms with Gasteiger partial charge in [0.05, 0.1) is 0 Å². The van der Waals surface area contributed by atoms with Crippen LogP contribution in [0.4, 0.5) is 0 Å². The summed E-state index contributed by atoms with van der Waals surface area (Å²) in [5.74, 6) is 4.33. The highest BCUT2D eigenvalue weighted by molar-refractivity contribution is 5.91. The summed E-state index contributed by atoms with van der Waals surface area (Å²) in [6.07, 6.45) is 0. The Balaban J connectivity index is 2.56. The Morgan fingerprint density at radius 1 is 1.47 bits per heavy atom. The highest BCUT2D eigenvalue weighted by atomic mass is 16.5. The summed E-state index contributed by atoms with van der Waals surface area (Å²) < 4.78 is 0. The number of para-hydroxylation sites is 1. The van der Waals surface area contributed by atoms with E-state index in [-0.39, 0.29) is 5.69 Å². The lowest BCUT2D eigenvalue weighted by Gasteiger charge is -2.05. The Morgan fingerprint density at radius 2 is 2.12 bits per heavy atom. The highest BCUT2D eigenvalue weighted by Gasteiger charge is 2.25. The number of aromatic nitrogens is 3. The maximum Gasteiger partial charge on any atom is 0.311 e. The molecule has 2 rings (SSSR count). The third-order valence-corrected chi connectivity index (χ3v) is 2.28. The van der Waals surface area contributed by atoms with Gasteiger partial charge < -0.3 is 5.21 Å². The van der Waals surface area contributed by atoms with Crippen LogP contribution in [0.1, 0.15) is 16.2 Å². The SMILES string of the molecule is Cc1nn(-c2ccccc2)[n+]([O-])c1C(=O)NN. The number of hydrogen-bond donors (Lipinski definition) is 2. The molecule has 1 aromatic carbocycles. The third-order valence-electron chi connectivity index (χ3n) is 2.28. The first-order valence-electron chi connectivity index (χ1n) is 4.91. The normalized spacial score (nSPS) is 10.2. The van der Waals surface area contributed by atoms with E-state index < -0.39 is 5.91 Å². The monoisotopic (exact) mass is 233 g/mol. The average molecular weight is 233 g/mol. The summed E-state index contributed by atoms with van der Waals surface area (Å²) >= 11 is 0. The third kappa shape index (κ3) is 1.83. The van der Waals surface area contributed by atoms with Gasteiger partial charge in [-0.05, 0) is 16.9 Å². The molecule has 0 fully saturated rings. The predicted molar refractivity (Wildman–Crippen MR) is 58.9 cm³/mol. The molecule has 0 unspecified atom stereocenters. The smallest absolute Gasteiger partial charge is 0.311 e. The molecule has 7 heteroatoms. The van der Waals surface area contributed by atoms with Gasteiger partial charge in [-0.1, -0.05) is 18.2 Å². The number of nitrogens with zero attached hydrogens (tertiary/aromatic N) is 3. The topological polar surface area (TPSA) is 99.9 Å². The average Bonchev–Trinajstić information content (AvgIpc) is 2.65. The largest absolute Gasteiger partial charge is 0.692 e. The minimum atomic E-state index is -0.667. The van der Waals surface area contributed by atoms with Crippen LogP contribution < -0.4 is 16.1 Å². The second-order valence-electron chi connectivity index (χ2n) is 3.41. The molecule has 0 bridgehead atoms. The van der Waals surface area contributed by atoms with E-state index in [1.807, 2.05) is 11.5 Å². The van der Waals surface area contributed by atoms with Gasteiger partial charge >= 0.3 is 5.91 Å². The van der Waals surface area contributed by atoms with E-state index >= 15 is 0 Å². The van der Waals surface area contributed by atoms with Crippen LogP contribution in [-0.4, -0.2) is 15.8 Å². The Kier molecular flexibility index (Phi) is 2.75. The van der Waals surface area contributed by atoms with Gasteiger partial charge in [0.2, 0.25) is 5.69 Å². The summed E-state index contributed by atoms with van der Waals surface area (Å²) in [6.45, 7) is 1.57. The van der Waals surface area contributed by atoms with Gasteiger partial charge in [0, 0.05) is 12.0 Å². The van der Waals surface area contributed by atoms with Crippen molar-refractivity contribution >= 4 is 5.91 Å². The summed E-state index contributed by atoms with van der Waals surface area (Å²) in [4.78, 5) is 12.9. The van der Waals surface area contributed by atoms with E-state index in [4.69, 9.17) is 5.84 Å². The number of hydrogen-bond acceptors (Lipinski definition) is 4. The molecule has 0 atom stereocenters. The predicted octanol–water partition coefficient (Wildman–Crippen LogP) is -0.582. The first-order valence-corrected chi connectivity index (χ1v) is 4.91. The first-order chi connectivity index (χ1) is 8.15. The molecule has 0 saturated carbocycles. The summed E-state index contributed by atoms with van der Waals surface area (Å²) in [7, 11) is 0. The van der Waals surface area contributed by atoms with Crippen LogP contribution in [0.25, 0.3) is 5.69 Å². The van der Waals surface area contributed by atoms with Crippen molar-refractivity contribution in [2.75, 3.05) is 0 Å². The van der Waals surface area contributed by atoms with Crippen LogP contribution in [0.3, 0.4) is 0 Å². The van der Waals surface area contributed by atoms with Crippen LogP contribution in [-0.2, 0) is 0 Å². The Bertz CT molecular complexity index is 549. The number of benzene rings is 1. The number of carbonyl (C=O) groups excluding carboxylic acids is 1. The van der Waals surface area contributed by atoms with Gasteiger partial charge in [-0.15, -0.1) is 4.85 Å². The van der Waals surface area contributed by atoms with Crippen molar-refractivity contribution in [1.82, 2.24) is 15.3 Å². The number of nitrogen functional groups attached to an aromatic ring is 1. The van der Waals surface area contributed by atoms with Crippen molar-refractivity contribution in [3.8, 4) is 5.69 Å². The lowest BCUT2D eigenvalue weighted by molar-refractivity contribution is -0.690. The van der Waals surface area contributed by atoms with Crippen molar-refractivity contribution in [3.05, 3.63) is 46.9 Å². The number of rotatable bonds is 2. The van der Waals surface area contributed by atoms with Gasteiger partial charge in [-0.25, -0.2) is 5.84 Å². The lowest BCUT2D eigenvalue weighted by atomic mass is 10.3. The molecule has 0 radical (unpaired) electrons. The fourth-order valence-corrected chi connectivity index (χ4v) is 1.51. The molecule has 0 aliphatic carbocycles. The van der Waals surface area contributed by atoms with Crippen molar-refractivity contribution in [1.29, 1.82) is 0 Å². The Labute approximate surface area is 97.0 Å². The minimum Gasteiger partial charge on any atom is -0.692 e. The van der Waals surface area contributed by atoms with Gasteiger partial charge in [0.15, 0.2) is 0 Å². The van der Waals surface area contributed by atoms with Gasteiger partial charge in [0.25, 0.3) is 5.69 Å². The van der Waals surface area contributed by atoms with Crippen LogP contribution >= 0.6 is 0 Å². The molecular weight excluding hydrogens is 222 g/mol. The molecule has 1 aromatic heterocycles. The molecule has 2 aromatic rings. The number of aryl methyl sites for hydroxylation is 1. The van der Waals surface area contributed by atoms with Crippen molar-refractivity contribution in [2.45, 2.75) is 6.92 Å². The minimum absolute atomic E-state index is 0.114. The standard InChI is InChI=1S/C10H11N5O2/c1-7-9(10(16)12-11)15(17)14(13-7)8-5-3-2-4-6-8/h2-6H,11H2,1H3,(H,12,16). The zero-order valence-corrected chi connectivity index (χ0v) is 9.12. The molecule has 3 N–H and O–H groups in total. The number of nitrogens with two attached hydrogens (primary N) is 1. The second kappa shape index (κ2) is 4.22. The maximum absolute atomic E-state index is 11.9. The Morgan fingerprint density at radius 3 is 2.71 bits per heavy atom. The lowest BCUT2D eigenvalue weighted by Crippen LogP contribution is -2.46. The van der Waals surface area contributed by atoms with E-state index in [0.29, 0.717) is 16.2 Å². The molecule has 0 aliphatic heterocycles. The fourth-order valence-electron chi connectivity index (χ4n) is 1.51.